The second-order valence-corrected chi connectivity index (χ2v) is 5.66. The number of hydrogen-bond donors (Lipinski definition) is 1. The molecule has 0 atom stereocenters. The molecule has 0 unspecified atom stereocenters. The van der Waals surface area contributed by atoms with Crippen molar-refractivity contribution in [2.75, 3.05) is 0 Å². The molecule has 1 aromatic carbocycles. The Labute approximate surface area is 125 Å². The van der Waals surface area contributed by atoms with E-state index in [4.69, 9.17) is 0 Å². The molecule has 0 amide bonds. The van der Waals surface area contributed by atoms with Crippen LogP contribution in [0.2, 0.25) is 0 Å². The van der Waals surface area contributed by atoms with E-state index in [2.05, 4.69) is 66.3 Å². The number of hydrogen-bond acceptors (Lipinski definition) is 2. The van der Waals surface area contributed by atoms with Crippen LogP contribution in [0.1, 0.15) is 22.5 Å². The minimum absolute atomic E-state index is 0.856. The zero-order valence-corrected chi connectivity index (χ0v) is 13.1. The van der Waals surface area contributed by atoms with Crippen molar-refractivity contribution in [3.63, 3.8) is 0 Å². The smallest absolute Gasteiger partial charge is 0.0641 e. The van der Waals surface area contributed by atoms with Crippen molar-refractivity contribution in [1.29, 1.82) is 0 Å². The third-order valence-electron chi connectivity index (χ3n) is 4.26. The van der Waals surface area contributed by atoms with Gasteiger partial charge in [0.05, 0.1) is 5.69 Å². The quantitative estimate of drug-likeness (QED) is 0.798. The van der Waals surface area contributed by atoms with Gasteiger partial charge in [-0.25, -0.2) is 0 Å². The molecular formula is C17H22N4. The Morgan fingerprint density at radius 2 is 1.86 bits per heavy atom. The Kier molecular flexibility index (Phi) is 3.55. The lowest BCUT2D eigenvalue weighted by molar-refractivity contribution is 0.685. The molecule has 0 spiro atoms. The van der Waals surface area contributed by atoms with Crippen molar-refractivity contribution in [2.24, 2.45) is 14.1 Å². The van der Waals surface area contributed by atoms with Crippen molar-refractivity contribution in [2.45, 2.75) is 26.9 Å². The number of fused-ring (bicyclic) bond motifs is 1. The Bertz CT molecular complexity index is 780. The van der Waals surface area contributed by atoms with E-state index in [1.807, 2.05) is 11.7 Å². The molecule has 0 radical (unpaired) electrons. The van der Waals surface area contributed by atoms with Gasteiger partial charge in [-0.2, -0.15) is 5.10 Å². The van der Waals surface area contributed by atoms with Crippen molar-refractivity contribution >= 4 is 10.9 Å². The maximum atomic E-state index is 4.46. The first-order chi connectivity index (χ1) is 10.1. The topological polar surface area (TPSA) is 34.8 Å². The predicted octanol–water partition coefficient (Wildman–Crippen LogP) is 2.82. The van der Waals surface area contributed by atoms with Crippen LogP contribution in [0.5, 0.6) is 0 Å². The molecule has 1 N–H and O–H groups in total. The highest BCUT2D eigenvalue weighted by Gasteiger charge is 2.10. The highest BCUT2D eigenvalue weighted by atomic mass is 15.3. The lowest BCUT2D eigenvalue weighted by Crippen LogP contribution is -2.13. The molecule has 2 aromatic heterocycles. The molecule has 0 saturated heterocycles. The molecule has 4 nitrogen and oxygen atoms in total. The normalized spacial score (nSPS) is 11.4. The van der Waals surface area contributed by atoms with Crippen LogP contribution in [-0.4, -0.2) is 14.3 Å². The van der Waals surface area contributed by atoms with Gasteiger partial charge in [-0.3, -0.25) is 4.68 Å². The van der Waals surface area contributed by atoms with E-state index >= 15 is 0 Å². The third kappa shape index (κ3) is 2.47. The maximum Gasteiger partial charge on any atom is 0.0641 e. The van der Waals surface area contributed by atoms with Gasteiger partial charge in [0.15, 0.2) is 0 Å². The average molecular weight is 282 g/mol. The summed E-state index contributed by atoms with van der Waals surface area (Å²) in [5.74, 6) is 0. The van der Waals surface area contributed by atoms with Gasteiger partial charge in [0, 0.05) is 55.5 Å². The Morgan fingerprint density at radius 3 is 2.57 bits per heavy atom. The van der Waals surface area contributed by atoms with Gasteiger partial charge < -0.3 is 9.88 Å². The fraction of sp³-hybridized carbons (Fsp3) is 0.353. The first-order valence-corrected chi connectivity index (χ1v) is 7.30. The molecule has 0 saturated carbocycles. The predicted molar refractivity (Wildman–Crippen MR) is 86.1 cm³/mol. The fourth-order valence-electron chi connectivity index (χ4n) is 2.96. The number of aryl methyl sites for hydroxylation is 3. The van der Waals surface area contributed by atoms with Gasteiger partial charge in [0.25, 0.3) is 0 Å². The van der Waals surface area contributed by atoms with Crippen molar-refractivity contribution in [1.82, 2.24) is 19.7 Å². The second-order valence-electron chi connectivity index (χ2n) is 5.66. The molecule has 3 rings (SSSR count). The summed E-state index contributed by atoms with van der Waals surface area (Å²) in [7, 11) is 4.10. The van der Waals surface area contributed by atoms with Gasteiger partial charge in [-0.05, 0) is 25.5 Å². The highest BCUT2D eigenvalue weighted by Crippen LogP contribution is 2.20. The molecule has 21 heavy (non-hydrogen) atoms. The molecular weight excluding hydrogens is 260 g/mol. The van der Waals surface area contributed by atoms with Gasteiger partial charge in [-0.1, -0.05) is 18.2 Å². The summed E-state index contributed by atoms with van der Waals surface area (Å²) in [5, 5.41) is 9.34. The van der Waals surface area contributed by atoms with Crippen LogP contribution in [0.4, 0.5) is 0 Å². The Hall–Kier alpha value is -2.07. The molecule has 0 aliphatic carbocycles. The van der Waals surface area contributed by atoms with Crippen LogP contribution < -0.4 is 5.32 Å². The van der Waals surface area contributed by atoms with Crippen LogP contribution in [0, 0.1) is 13.8 Å². The third-order valence-corrected chi connectivity index (χ3v) is 4.26. The molecule has 4 heteroatoms. The summed E-state index contributed by atoms with van der Waals surface area (Å²) in [6, 6.07) is 8.53. The first-order valence-electron chi connectivity index (χ1n) is 7.30. The highest BCUT2D eigenvalue weighted by molar-refractivity contribution is 5.83. The van der Waals surface area contributed by atoms with Crippen LogP contribution >= 0.6 is 0 Å². The minimum Gasteiger partial charge on any atom is -0.350 e. The number of nitrogens with zero attached hydrogens (tertiary/aromatic N) is 3. The molecule has 0 aliphatic rings. The van der Waals surface area contributed by atoms with Crippen LogP contribution in [0.25, 0.3) is 10.9 Å². The van der Waals surface area contributed by atoms with Crippen molar-refractivity contribution < 1.29 is 0 Å². The van der Waals surface area contributed by atoms with Gasteiger partial charge in [0.2, 0.25) is 0 Å². The molecule has 0 fully saturated rings. The Morgan fingerprint density at radius 1 is 1.10 bits per heavy atom. The van der Waals surface area contributed by atoms with E-state index in [1.165, 1.54) is 27.7 Å². The molecule has 3 aromatic rings. The molecule has 0 aliphatic heterocycles. The molecule has 0 bridgehead atoms. The average Bonchev–Trinajstić information content (AvgIpc) is 2.91. The maximum absolute atomic E-state index is 4.46. The summed E-state index contributed by atoms with van der Waals surface area (Å²) in [6.07, 6.45) is 2.21. The molecule has 110 valence electrons. The summed E-state index contributed by atoms with van der Waals surface area (Å²) in [4.78, 5) is 0. The lowest BCUT2D eigenvalue weighted by Gasteiger charge is -2.05. The standard InChI is InChI=1S/C17H22N4/c1-12-16(13(2)21(4)19-12)10-18-9-14-11-20(3)17-8-6-5-7-15(14)17/h5-8,11,18H,9-10H2,1-4H3. The summed E-state index contributed by atoms with van der Waals surface area (Å²) < 4.78 is 4.14. The summed E-state index contributed by atoms with van der Waals surface area (Å²) in [5.41, 5.74) is 6.27. The van der Waals surface area contributed by atoms with Crippen LogP contribution in [-0.2, 0) is 27.2 Å². The minimum atomic E-state index is 0.856. The monoisotopic (exact) mass is 282 g/mol. The summed E-state index contributed by atoms with van der Waals surface area (Å²) in [6.45, 7) is 5.92. The summed E-state index contributed by atoms with van der Waals surface area (Å²) >= 11 is 0. The van der Waals surface area contributed by atoms with Gasteiger partial charge >= 0.3 is 0 Å². The zero-order valence-electron chi connectivity index (χ0n) is 13.1. The fourth-order valence-corrected chi connectivity index (χ4v) is 2.96. The molecule has 2 heterocycles. The van der Waals surface area contributed by atoms with Crippen LogP contribution in [0.3, 0.4) is 0 Å². The van der Waals surface area contributed by atoms with E-state index in [0.29, 0.717) is 0 Å². The Balaban J connectivity index is 1.75. The van der Waals surface area contributed by atoms with Gasteiger partial charge in [-0.15, -0.1) is 0 Å². The largest absolute Gasteiger partial charge is 0.350 e. The number of rotatable bonds is 4. The zero-order chi connectivity index (χ0) is 15.0. The van der Waals surface area contributed by atoms with E-state index < -0.39 is 0 Å². The van der Waals surface area contributed by atoms with Gasteiger partial charge in [0.1, 0.15) is 0 Å². The second kappa shape index (κ2) is 5.37. The van der Waals surface area contributed by atoms with Crippen LogP contribution in [0.15, 0.2) is 30.5 Å². The van der Waals surface area contributed by atoms with Crippen molar-refractivity contribution in [3.8, 4) is 0 Å². The number of para-hydroxylation sites is 1. The number of benzene rings is 1. The SMILES string of the molecule is Cc1nn(C)c(C)c1CNCc1cn(C)c2ccccc12. The lowest BCUT2D eigenvalue weighted by atomic mass is 10.1. The van der Waals surface area contributed by atoms with Crippen molar-refractivity contribution in [3.05, 3.63) is 53.0 Å². The van der Waals surface area contributed by atoms with E-state index in [-0.39, 0.29) is 0 Å². The number of aromatic nitrogens is 3. The first kappa shape index (κ1) is 13.9. The van der Waals surface area contributed by atoms with E-state index in [0.717, 1.165) is 18.8 Å². The van der Waals surface area contributed by atoms with E-state index in [9.17, 15) is 0 Å². The number of nitrogens with one attached hydrogen (secondary N) is 1. The van der Waals surface area contributed by atoms with E-state index in [1.54, 1.807) is 0 Å².